The molecule has 1 aromatic rings. The first-order valence-corrected chi connectivity index (χ1v) is 5.76. The topological polar surface area (TPSA) is 72.5 Å². The lowest BCUT2D eigenvalue weighted by Crippen LogP contribution is -2.15. The molecule has 0 saturated heterocycles. The van der Waals surface area contributed by atoms with E-state index in [1.165, 1.54) is 13.2 Å². The van der Waals surface area contributed by atoms with Crippen LogP contribution in [-0.2, 0) is 4.79 Å². The van der Waals surface area contributed by atoms with Crippen LogP contribution in [0.5, 0.6) is 5.75 Å². The molecule has 3 N–H and O–H groups in total. The van der Waals surface area contributed by atoms with Gasteiger partial charge in [0.1, 0.15) is 0 Å². The van der Waals surface area contributed by atoms with Crippen LogP contribution in [0.3, 0.4) is 0 Å². The van der Waals surface area contributed by atoms with Gasteiger partial charge in [0.05, 0.1) is 7.11 Å². The van der Waals surface area contributed by atoms with Gasteiger partial charge in [0.2, 0.25) is 0 Å². The van der Waals surface area contributed by atoms with E-state index in [0.717, 1.165) is 0 Å². The Bertz CT molecular complexity index is 425. The largest absolute Gasteiger partial charge is 0.494 e. The monoisotopic (exact) mass is 305 g/mol. The minimum atomic E-state index is -0.958. The Morgan fingerprint density at radius 1 is 1.65 bits per heavy atom. The Hall–Kier alpha value is -1.14. The zero-order valence-corrected chi connectivity index (χ0v) is 10.8. The number of methoxy groups -OCH3 is 1. The molecule has 4 nitrogen and oxygen atoms in total. The maximum Gasteiger partial charge on any atom is 0.303 e. The van der Waals surface area contributed by atoms with E-state index in [-0.39, 0.29) is 24.2 Å². The second kappa shape index (κ2) is 5.97. The summed E-state index contributed by atoms with van der Waals surface area (Å²) in [6.07, 6.45) is 0.0578. The van der Waals surface area contributed by atoms with E-state index in [0.29, 0.717) is 4.47 Å². The van der Waals surface area contributed by atoms with Gasteiger partial charge >= 0.3 is 5.97 Å². The summed E-state index contributed by atoms with van der Waals surface area (Å²) in [7, 11) is 1.36. The lowest BCUT2D eigenvalue weighted by molar-refractivity contribution is -0.137. The molecule has 0 saturated carbocycles. The Morgan fingerprint density at radius 3 is 2.82 bits per heavy atom. The van der Waals surface area contributed by atoms with Gasteiger partial charge in [-0.15, -0.1) is 0 Å². The van der Waals surface area contributed by atoms with Crippen LogP contribution in [0, 0.1) is 5.82 Å². The Kier molecular flexibility index (Phi) is 4.89. The van der Waals surface area contributed by atoms with Crippen molar-refractivity contribution in [2.45, 2.75) is 18.9 Å². The van der Waals surface area contributed by atoms with E-state index in [1.54, 1.807) is 6.07 Å². The number of carbonyl (C=O) groups is 1. The zero-order chi connectivity index (χ0) is 13.0. The predicted molar refractivity (Wildman–Crippen MR) is 64.5 cm³/mol. The van der Waals surface area contributed by atoms with E-state index in [9.17, 15) is 9.18 Å². The molecule has 0 bridgehead atoms. The molecule has 0 spiro atoms. The molecule has 0 aliphatic rings. The number of carboxylic acids is 1. The molecule has 0 aliphatic heterocycles. The van der Waals surface area contributed by atoms with Crippen molar-refractivity contribution in [3.63, 3.8) is 0 Å². The van der Waals surface area contributed by atoms with Gasteiger partial charge in [0.15, 0.2) is 11.6 Å². The third-order valence-corrected chi connectivity index (χ3v) is 3.04. The molecule has 0 fully saturated rings. The van der Waals surface area contributed by atoms with Crippen LogP contribution in [0.15, 0.2) is 16.6 Å². The summed E-state index contributed by atoms with van der Waals surface area (Å²) >= 11 is 3.20. The van der Waals surface area contributed by atoms with Gasteiger partial charge in [-0.05, 0) is 18.6 Å². The first kappa shape index (κ1) is 13.9. The summed E-state index contributed by atoms with van der Waals surface area (Å²) in [4.78, 5) is 10.4. The molecule has 0 aliphatic carbocycles. The Labute approximate surface area is 107 Å². The molecule has 0 aromatic heterocycles. The molecule has 0 heterocycles. The lowest BCUT2D eigenvalue weighted by atomic mass is 10.0. The number of hydrogen-bond acceptors (Lipinski definition) is 3. The fourth-order valence-electron chi connectivity index (χ4n) is 1.47. The average Bonchev–Trinajstić information content (AvgIpc) is 2.26. The normalized spacial score (nSPS) is 12.2. The van der Waals surface area contributed by atoms with Gasteiger partial charge in [-0.1, -0.05) is 15.9 Å². The number of halogens is 2. The summed E-state index contributed by atoms with van der Waals surface area (Å²) < 4.78 is 19.3. The second-order valence-electron chi connectivity index (χ2n) is 3.52. The maximum absolute atomic E-state index is 13.9. The van der Waals surface area contributed by atoms with Crippen molar-refractivity contribution in [3.05, 3.63) is 28.0 Å². The van der Waals surface area contributed by atoms with E-state index < -0.39 is 17.8 Å². The van der Waals surface area contributed by atoms with E-state index >= 15 is 0 Å². The predicted octanol–water partition coefficient (Wildman–Crippen LogP) is 2.46. The first-order chi connectivity index (χ1) is 7.97. The first-order valence-electron chi connectivity index (χ1n) is 4.96. The van der Waals surface area contributed by atoms with Crippen LogP contribution in [0.25, 0.3) is 0 Å². The highest BCUT2D eigenvalue weighted by atomic mass is 79.9. The average molecular weight is 306 g/mol. The summed E-state index contributed by atoms with van der Waals surface area (Å²) in [5, 5.41) is 8.56. The number of aliphatic carboxylic acids is 1. The standard InChI is InChI=1S/C11H13BrFNO3/c1-17-8-4-2-6(12)10(11(8)13)7(14)3-5-9(15)16/h2,4,7H,3,5,14H2,1H3,(H,15,16). The summed E-state index contributed by atoms with van der Waals surface area (Å²) in [6.45, 7) is 0. The van der Waals surface area contributed by atoms with Crippen LogP contribution in [0.1, 0.15) is 24.4 Å². The lowest BCUT2D eigenvalue weighted by Gasteiger charge is -2.15. The van der Waals surface area contributed by atoms with Crippen molar-refractivity contribution in [1.82, 2.24) is 0 Å². The molecular formula is C11H13BrFNO3. The fraction of sp³-hybridized carbons (Fsp3) is 0.364. The van der Waals surface area contributed by atoms with Gasteiger partial charge in [-0.3, -0.25) is 4.79 Å². The Balaban J connectivity index is 2.99. The van der Waals surface area contributed by atoms with E-state index in [2.05, 4.69) is 15.9 Å². The van der Waals surface area contributed by atoms with Crippen molar-refractivity contribution in [3.8, 4) is 5.75 Å². The number of benzene rings is 1. The second-order valence-corrected chi connectivity index (χ2v) is 4.37. The minimum absolute atomic E-state index is 0.0916. The molecule has 1 atom stereocenters. The maximum atomic E-state index is 13.9. The number of carboxylic acid groups (broad SMARTS) is 1. The van der Waals surface area contributed by atoms with E-state index in [1.807, 2.05) is 0 Å². The molecule has 94 valence electrons. The smallest absolute Gasteiger partial charge is 0.303 e. The molecule has 17 heavy (non-hydrogen) atoms. The fourth-order valence-corrected chi connectivity index (χ4v) is 2.07. The van der Waals surface area contributed by atoms with Crippen molar-refractivity contribution in [2.75, 3.05) is 7.11 Å². The summed E-state index contributed by atoms with van der Waals surface area (Å²) in [5.74, 6) is -1.42. The number of nitrogens with two attached hydrogens (primary N) is 1. The number of rotatable bonds is 5. The molecule has 0 amide bonds. The van der Waals surface area contributed by atoms with Crippen molar-refractivity contribution < 1.29 is 19.0 Å². The highest BCUT2D eigenvalue weighted by Gasteiger charge is 2.19. The summed E-state index contributed by atoms with van der Waals surface area (Å²) in [5.41, 5.74) is 6.02. The molecular weight excluding hydrogens is 293 g/mol. The minimum Gasteiger partial charge on any atom is -0.494 e. The third kappa shape index (κ3) is 3.41. The van der Waals surface area contributed by atoms with Crippen LogP contribution < -0.4 is 10.5 Å². The van der Waals surface area contributed by atoms with Gasteiger partial charge < -0.3 is 15.6 Å². The Morgan fingerprint density at radius 2 is 2.29 bits per heavy atom. The van der Waals surface area contributed by atoms with Gasteiger partial charge in [0.25, 0.3) is 0 Å². The highest BCUT2D eigenvalue weighted by molar-refractivity contribution is 9.10. The molecule has 6 heteroatoms. The van der Waals surface area contributed by atoms with Gasteiger partial charge in [-0.25, -0.2) is 4.39 Å². The van der Waals surface area contributed by atoms with Gasteiger partial charge in [0, 0.05) is 22.5 Å². The van der Waals surface area contributed by atoms with Crippen molar-refractivity contribution >= 4 is 21.9 Å². The number of ether oxygens (including phenoxy) is 1. The van der Waals surface area contributed by atoms with Crippen molar-refractivity contribution in [2.24, 2.45) is 5.73 Å². The molecule has 1 unspecified atom stereocenters. The number of hydrogen-bond donors (Lipinski definition) is 2. The van der Waals surface area contributed by atoms with Gasteiger partial charge in [-0.2, -0.15) is 0 Å². The van der Waals surface area contributed by atoms with Crippen LogP contribution in [0.2, 0.25) is 0 Å². The third-order valence-electron chi connectivity index (χ3n) is 2.35. The van der Waals surface area contributed by atoms with Crippen molar-refractivity contribution in [1.29, 1.82) is 0 Å². The molecule has 1 aromatic carbocycles. The van der Waals surface area contributed by atoms with Crippen LogP contribution in [0.4, 0.5) is 4.39 Å². The molecule has 0 radical (unpaired) electrons. The van der Waals surface area contributed by atoms with E-state index in [4.69, 9.17) is 15.6 Å². The van der Waals surface area contributed by atoms with Crippen LogP contribution in [-0.4, -0.2) is 18.2 Å². The summed E-state index contributed by atoms with van der Waals surface area (Å²) in [6, 6.07) is 2.42. The highest BCUT2D eigenvalue weighted by Crippen LogP contribution is 2.32. The zero-order valence-electron chi connectivity index (χ0n) is 9.24. The SMILES string of the molecule is COc1ccc(Br)c(C(N)CCC(=O)O)c1F. The quantitative estimate of drug-likeness (QED) is 0.876. The molecule has 1 rings (SSSR count). The van der Waals surface area contributed by atoms with Crippen LogP contribution >= 0.6 is 15.9 Å².